The molecule has 0 aliphatic heterocycles. The van der Waals surface area contributed by atoms with E-state index in [0.717, 1.165) is 22.1 Å². The fourth-order valence-electron chi connectivity index (χ4n) is 3.91. The average molecular weight is 520 g/mol. The van der Waals surface area contributed by atoms with Crippen molar-refractivity contribution in [2.24, 2.45) is 0 Å². The molecule has 3 aromatic rings. The second kappa shape index (κ2) is 12.3. The highest BCUT2D eigenvalue weighted by molar-refractivity contribution is 7.14. The molecule has 0 radical (unpaired) electrons. The van der Waals surface area contributed by atoms with Crippen molar-refractivity contribution in [1.82, 2.24) is 0 Å². The summed E-state index contributed by atoms with van der Waals surface area (Å²) in [5, 5.41) is 11.5. The Morgan fingerprint density at radius 1 is 1.00 bits per heavy atom. The zero-order valence-electron chi connectivity index (χ0n) is 21.5. The van der Waals surface area contributed by atoms with E-state index in [9.17, 15) is 19.6 Å². The van der Waals surface area contributed by atoms with Crippen molar-refractivity contribution >= 4 is 45.9 Å². The number of ketones is 1. The van der Waals surface area contributed by atoms with Gasteiger partial charge in [-0.2, -0.15) is 5.26 Å². The number of hydrogen-bond donors (Lipinski definition) is 0. The van der Waals surface area contributed by atoms with Crippen LogP contribution >= 0.6 is 11.3 Å². The molecule has 3 rings (SSSR count). The lowest BCUT2D eigenvalue weighted by molar-refractivity contribution is -0.114. The van der Waals surface area contributed by atoms with E-state index in [1.54, 1.807) is 26.8 Å². The van der Waals surface area contributed by atoms with E-state index in [0.29, 0.717) is 21.8 Å². The maximum atomic E-state index is 13.3. The quantitative estimate of drug-likeness (QED) is 0.182. The van der Waals surface area contributed by atoms with Gasteiger partial charge < -0.3 is 14.2 Å². The fourth-order valence-corrected chi connectivity index (χ4v) is 5.09. The normalized spacial score (nSPS) is 11.3. The van der Waals surface area contributed by atoms with E-state index in [-0.39, 0.29) is 41.8 Å². The molecule has 0 saturated heterocycles. The first kappa shape index (κ1) is 27.6. The number of Topliss-reactive ketones (excluding diaryl/α,β-unsaturated/α-hetero) is 1. The van der Waals surface area contributed by atoms with Crippen LogP contribution in [-0.2, 0) is 20.7 Å². The summed E-state index contributed by atoms with van der Waals surface area (Å²) < 4.78 is 16.2. The third-order valence-electron chi connectivity index (χ3n) is 5.48. The Bertz CT molecular complexity index is 1410. The van der Waals surface area contributed by atoms with Crippen LogP contribution in [0.2, 0.25) is 0 Å². The minimum atomic E-state index is -0.621. The number of esters is 2. The Kier molecular flexibility index (Phi) is 9.20. The van der Waals surface area contributed by atoms with Crippen LogP contribution in [-0.4, -0.2) is 37.0 Å². The van der Waals surface area contributed by atoms with Gasteiger partial charge >= 0.3 is 11.9 Å². The van der Waals surface area contributed by atoms with E-state index >= 15 is 0 Å². The second-order valence-corrected chi connectivity index (χ2v) is 9.54. The molecule has 0 N–H and O–H groups in total. The van der Waals surface area contributed by atoms with Crippen LogP contribution in [0.5, 0.6) is 5.75 Å². The van der Waals surface area contributed by atoms with Gasteiger partial charge in [-0.1, -0.05) is 30.3 Å². The third-order valence-corrected chi connectivity index (χ3v) is 6.75. The molecule has 2 aromatic carbocycles. The summed E-state index contributed by atoms with van der Waals surface area (Å²) in [6.45, 7) is 9.19. The van der Waals surface area contributed by atoms with Crippen molar-refractivity contribution in [2.75, 3.05) is 13.2 Å². The number of ether oxygens (including phenoxy) is 3. The molecule has 0 atom stereocenters. The Morgan fingerprint density at radius 2 is 1.65 bits per heavy atom. The number of fused-ring (bicyclic) bond motifs is 1. The molecule has 0 aliphatic carbocycles. The fraction of sp³-hybridized carbons (Fsp3) is 0.310. The number of nitrogens with zero attached hydrogens (tertiary/aromatic N) is 1. The van der Waals surface area contributed by atoms with Gasteiger partial charge in [-0.15, -0.1) is 11.3 Å². The highest BCUT2D eigenvalue weighted by atomic mass is 32.1. The summed E-state index contributed by atoms with van der Waals surface area (Å²) in [6.07, 6.45) is 1.30. The molecule has 37 heavy (non-hydrogen) atoms. The molecule has 7 nitrogen and oxygen atoms in total. The van der Waals surface area contributed by atoms with Gasteiger partial charge in [0.15, 0.2) is 5.78 Å². The van der Waals surface area contributed by atoms with Crippen LogP contribution in [0.4, 0.5) is 0 Å². The average Bonchev–Trinajstić information content (AvgIpc) is 3.19. The molecule has 1 heterocycles. The van der Waals surface area contributed by atoms with Gasteiger partial charge in [-0.25, -0.2) is 9.59 Å². The summed E-state index contributed by atoms with van der Waals surface area (Å²) in [6, 6.07) is 13.2. The summed E-state index contributed by atoms with van der Waals surface area (Å²) in [5.41, 5.74) is 1.19. The van der Waals surface area contributed by atoms with Crippen LogP contribution < -0.4 is 4.74 Å². The van der Waals surface area contributed by atoms with Crippen molar-refractivity contribution in [3.63, 3.8) is 0 Å². The summed E-state index contributed by atoms with van der Waals surface area (Å²) >= 11 is 1.01. The van der Waals surface area contributed by atoms with Gasteiger partial charge in [0.05, 0.1) is 30.5 Å². The highest BCUT2D eigenvalue weighted by Gasteiger charge is 2.28. The summed E-state index contributed by atoms with van der Waals surface area (Å²) in [5.74, 6) is -0.951. The number of nitriles is 1. The predicted octanol–water partition coefficient (Wildman–Crippen LogP) is 6.07. The first-order chi connectivity index (χ1) is 17.7. The van der Waals surface area contributed by atoms with E-state index in [1.807, 2.05) is 56.3 Å². The Morgan fingerprint density at radius 3 is 2.27 bits per heavy atom. The molecular formula is C29H29NO6S. The molecule has 192 valence electrons. The van der Waals surface area contributed by atoms with Crippen LogP contribution in [0.1, 0.15) is 63.7 Å². The first-order valence-electron chi connectivity index (χ1n) is 12.0. The lowest BCUT2D eigenvalue weighted by Gasteiger charge is -2.14. The topological polar surface area (TPSA) is 103 Å². The number of carbonyl (C=O) groups is 3. The maximum Gasteiger partial charge on any atom is 0.348 e. The third kappa shape index (κ3) is 6.25. The van der Waals surface area contributed by atoms with Gasteiger partial charge in [0.2, 0.25) is 0 Å². The highest BCUT2D eigenvalue weighted by Crippen LogP contribution is 2.33. The number of rotatable bonds is 10. The monoisotopic (exact) mass is 519 g/mol. The van der Waals surface area contributed by atoms with Gasteiger partial charge in [-0.05, 0) is 63.3 Å². The van der Waals surface area contributed by atoms with Gasteiger partial charge in [0, 0.05) is 16.7 Å². The van der Waals surface area contributed by atoms with Crippen LogP contribution in [0, 0.1) is 18.3 Å². The zero-order valence-corrected chi connectivity index (χ0v) is 22.4. The molecule has 0 saturated carbocycles. The lowest BCUT2D eigenvalue weighted by atomic mass is 9.98. The van der Waals surface area contributed by atoms with Crippen molar-refractivity contribution in [2.45, 2.75) is 47.1 Å². The van der Waals surface area contributed by atoms with Gasteiger partial charge in [0.1, 0.15) is 16.7 Å². The minimum absolute atomic E-state index is 0.0107. The van der Waals surface area contributed by atoms with E-state index in [4.69, 9.17) is 14.2 Å². The Labute approximate surface area is 220 Å². The molecule has 0 fully saturated rings. The molecule has 0 bridgehead atoms. The molecule has 0 unspecified atom stereocenters. The molecule has 0 amide bonds. The molecule has 0 aliphatic rings. The lowest BCUT2D eigenvalue weighted by Crippen LogP contribution is -2.12. The van der Waals surface area contributed by atoms with Crippen LogP contribution in [0.25, 0.3) is 16.8 Å². The standard InChI is InChI=1S/C29H29NO6S/c1-6-34-28(32)26-18(5)27(29(33)35-7-2)37-25(26)15-23(31)20(16-30)14-19-12-13-24(36-17(3)4)22-11-9-8-10-21(19)22/h8-14,17H,6-7,15H2,1-5H3. The number of allylic oxidation sites excluding steroid dienone is 1. The number of carbonyl (C=O) groups excluding carboxylic acids is 3. The smallest absolute Gasteiger partial charge is 0.348 e. The molecular weight excluding hydrogens is 490 g/mol. The summed E-state index contributed by atoms with van der Waals surface area (Å²) in [4.78, 5) is 39.0. The van der Waals surface area contributed by atoms with Gasteiger partial charge in [0.25, 0.3) is 0 Å². The van der Waals surface area contributed by atoms with Crippen molar-refractivity contribution in [1.29, 1.82) is 5.26 Å². The minimum Gasteiger partial charge on any atom is -0.490 e. The van der Waals surface area contributed by atoms with E-state index in [2.05, 4.69) is 0 Å². The maximum absolute atomic E-state index is 13.3. The van der Waals surface area contributed by atoms with E-state index < -0.39 is 17.7 Å². The predicted molar refractivity (Wildman–Crippen MR) is 143 cm³/mol. The molecule has 0 spiro atoms. The number of thiophene rings is 1. The Hall–Kier alpha value is -3.96. The zero-order chi connectivity index (χ0) is 27.1. The Balaban J connectivity index is 2.02. The SMILES string of the molecule is CCOC(=O)c1sc(CC(=O)C(C#N)=Cc2ccc(OC(C)C)c3ccccc23)c(C(=O)OCC)c1C. The number of hydrogen-bond acceptors (Lipinski definition) is 8. The van der Waals surface area contributed by atoms with E-state index in [1.165, 1.54) is 0 Å². The van der Waals surface area contributed by atoms with Crippen molar-refractivity contribution < 1.29 is 28.6 Å². The molecule has 1 aromatic heterocycles. The van der Waals surface area contributed by atoms with Crippen LogP contribution in [0.3, 0.4) is 0 Å². The largest absolute Gasteiger partial charge is 0.490 e. The van der Waals surface area contributed by atoms with Crippen molar-refractivity contribution in [3.05, 3.63) is 68.4 Å². The van der Waals surface area contributed by atoms with Crippen molar-refractivity contribution in [3.8, 4) is 11.8 Å². The number of benzene rings is 2. The first-order valence-corrected chi connectivity index (χ1v) is 12.8. The molecule has 8 heteroatoms. The second-order valence-electron chi connectivity index (χ2n) is 8.43. The van der Waals surface area contributed by atoms with Crippen LogP contribution in [0.15, 0.2) is 42.0 Å². The summed E-state index contributed by atoms with van der Waals surface area (Å²) in [7, 11) is 0. The van der Waals surface area contributed by atoms with Gasteiger partial charge in [-0.3, -0.25) is 4.79 Å².